The predicted octanol–water partition coefficient (Wildman–Crippen LogP) is 1.35. The number of hydrogen-bond donors (Lipinski definition) is 3. The van der Waals surface area contributed by atoms with Crippen molar-refractivity contribution in [1.82, 2.24) is 20.1 Å². The van der Waals surface area contributed by atoms with Crippen molar-refractivity contribution in [1.29, 1.82) is 0 Å². The molecule has 10 heteroatoms. The van der Waals surface area contributed by atoms with Crippen LogP contribution < -0.4 is 16.4 Å². The van der Waals surface area contributed by atoms with E-state index in [4.69, 9.17) is 5.73 Å². The number of aromatic nitrogens is 3. The van der Waals surface area contributed by atoms with Crippen molar-refractivity contribution in [3.05, 3.63) is 35.7 Å². The molecule has 0 atom stereocenters. The van der Waals surface area contributed by atoms with Crippen molar-refractivity contribution in [2.45, 2.75) is 31.8 Å². The zero-order chi connectivity index (χ0) is 21.4. The van der Waals surface area contributed by atoms with E-state index in [0.29, 0.717) is 41.1 Å². The minimum atomic E-state index is -0.405. The molecule has 1 heterocycles. The summed E-state index contributed by atoms with van der Waals surface area (Å²) in [6.45, 7) is 4.58. The average Bonchev–Trinajstić information content (AvgIpc) is 3.03. The maximum absolute atomic E-state index is 12.4. The van der Waals surface area contributed by atoms with Crippen LogP contribution in [0, 0.1) is 5.92 Å². The predicted molar refractivity (Wildman–Crippen MR) is 111 cm³/mol. The first-order valence-corrected chi connectivity index (χ1v) is 10.2. The Morgan fingerprint density at radius 1 is 1.21 bits per heavy atom. The van der Waals surface area contributed by atoms with E-state index in [1.807, 2.05) is 13.8 Å². The van der Waals surface area contributed by atoms with E-state index in [-0.39, 0.29) is 24.0 Å². The molecule has 0 bridgehead atoms. The van der Waals surface area contributed by atoms with Gasteiger partial charge in [0.1, 0.15) is 5.82 Å². The van der Waals surface area contributed by atoms with Gasteiger partial charge in [-0.1, -0.05) is 37.7 Å². The first-order chi connectivity index (χ1) is 13.8. The zero-order valence-electron chi connectivity index (χ0n) is 16.8. The summed E-state index contributed by atoms with van der Waals surface area (Å²) >= 11 is 1.22. The molecule has 2 aromatic rings. The van der Waals surface area contributed by atoms with Crippen LogP contribution in [-0.2, 0) is 23.1 Å². The summed E-state index contributed by atoms with van der Waals surface area (Å²) < 4.78 is 1.73. The van der Waals surface area contributed by atoms with E-state index >= 15 is 0 Å². The van der Waals surface area contributed by atoms with E-state index < -0.39 is 5.91 Å². The van der Waals surface area contributed by atoms with Gasteiger partial charge in [-0.3, -0.25) is 14.4 Å². The van der Waals surface area contributed by atoms with Crippen LogP contribution in [0.1, 0.15) is 36.5 Å². The lowest BCUT2D eigenvalue weighted by Crippen LogP contribution is -2.28. The van der Waals surface area contributed by atoms with Crippen LogP contribution >= 0.6 is 11.8 Å². The molecule has 1 aromatic carbocycles. The lowest BCUT2D eigenvalue weighted by molar-refractivity contribution is -0.118. The molecule has 1 aromatic heterocycles. The Kier molecular flexibility index (Phi) is 8.20. The quantitative estimate of drug-likeness (QED) is 0.499. The van der Waals surface area contributed by atoms with Gasteiger partial charge >= 0.3 is 0 Å². The van der Waals surface area contributed by atoms with Crippen molar-refractivity contribution < 1.29 is 14.4 Å². The molecule has 0 aliphatic heterocycles. The fraction of sp³-hybridized carbons (Fsp3) is 0.421. The van der Waals surface area contributed by atoms with Gasteiger partial charge in [-0.05, 0) is 18.1 Å². The molecule has 0 radical (unpaired) electrons. The Bertz CT molecular complexity index is 881. The second-order valence-electron chi connectivity index (χ2n) is 6.91. The zero-order valence-corrected chi connectivity index (χ0v) is 17.6. The molecule has 0 saturated heterocycles. The number of benzene rings is 1. The third kappa shape index (κ3) is 6.90. The molecule has 0 spiro atoms. The molecule has 0 saturated carbocycles. The molecule has 2 rings (SSSR count). The third-order valence-corrected chi connectivity index (χ3v) is 4.99. The molecule has 4 N–H and O–H groups in total. The summed E-state index contributed by atoms with van der Waals surface area (Å²) in [6, 6.07) is 6.88. The van der Waals surface area contributed by atoms with Crippen LogP contribution in [0.2, 0.25) is 0 Å². The number of rotatable bonds is 10. The highest BCUT2D eigenvalue weighted by atomic mass is 32.2. The van der Waals surface area contributed by atoms with E-state index in [1.165, 1.54) is 11.8 Å². The largest absolute Gasteiger partial charge is 0.370 e. The summed E-state index contributed by atoms with van der Waals surface area (Å²) in [6.07, 6.45) is 0.581. The molecule has 3 amide bonds. The van der Waals surface area contributed by atoms with E-state index in [9.17, 15) is 14.4 Å². The minimum absolute atomic E-state index is 0.101. The van der Waals surface area contributed by atoms with Gasteiger partial charge in [-0.25, -0.2) is 0 Å². The number of aryl methyl sites for hydroxylation is 1. The maximum atomic E-state index is 12.4. The van der Waals surface area contributed by atoms with Gasteiger partial charge in [0.25, 0.3) is 5.91 Å². The Labute approximate surface area is 173 Å². The molecule has 0 unspecified atom stereocenters. The Hall–Kier alpha value is -2.88. The van der Waals surface area contributed by atoms with Crippen LogP contribution in [-0.4, -0.2) is 44.8 Å². The number of anilines is 1. The van der Waals surface area contributed by atoms with Gasteiger partial charge in [-0.15, -0.1) is 10.2 Å². The molecular weight excluding hydrogens is 392 g/mol. The first-order valence-electron chi connectivity index (χ1n) is 9.24. The summed E-state index contributed by atoms with van der Waals surface area (Å²) in [5, 5.41) is 14.2. The highest BCUT2D eigenvalue weighted by molar-refractivity contribution is 7.99. The fourth-order valence-corrected chi connectivity index (χ4v) is 3.15. The molecule has 29 heavy (non-hydrogen) atoms. The van der Waals surface area contributed by atoms with Crippen molar-refractivity contribution in [3.63, 3.8) is 0 Å². The van der Waals surface area contributed by atoms with Crippen molar-refractivity contribution in [2.24, 2.45) is 18.7 Å². The fourth-order valence-electron chi connectivity index (χ4n) is 2.42. The summed E-state index contributed by atoms with van der Waals surface area (Å²) in [5.41, 5.74) is 6.03. The van der Waals surface area contributed by atoms with E-state index in [0.717, 1.165) is 0 Å². The number of nitrogens with two attached hydrogens (primary N) is 1. The second-order valence-corrected chi connectivity index (χ2v) is 7.85. The molecule has 0 aliphatic rings. The highest BCUT2D eigenvalue weighted by Gasteiger charge is 2.15. The highest BCUT2D eigenvalue weighted by Crippen LogP contribution is 2.19. The van der Waals surface area contributed by atoms with Crippen molar-refractivity contribution in [3.8, 4) is 0 Å². The monoisotopic (exact) mass is 418 g/mol. The number of thioether (sulfide) groups is 1. The number of primary amides is 1. The third-order valence-electron chi connectivity index (χ3n) is 3.97. The Morgan fingerprint density at radius 2 is 1.93 bits per heavy atom. The number of amides is 3. The van der Waals surface area contributed by atoms with Gasteiger partial charge in [0.05, 0.1) is 17.0 Å². The lowest BCUT2D eigenvalue weighted by atomic mass is 10.1. The van der Waals surface area contributed by atoms with Crippen molar-refractivity contribution >= 4 is 35.2 Å². The topological polar surface area (TPSA) is 132 Å². The van der Waals surface area contributed by atoms with Crippen LogP contribution in [0.4, 0.5) is 5.69 Å². The standard InChI is InChI=1S/C19H26N6O3S/c1-12(2)10-21-18(28)13-6-4-5-7-14(13)22-17(27)11-29-19-24-23-16(25(19)3)9-8-15(20)26/h4-7,12H,8-11H2,1-3H3,(H2,20,26)(H,21,28)(H,22,27). The van der Waals surface area contributed by atoms with Gasteiger partial charge in [0.15, 0.2) is 5.16 Å². The molecule has 9 nitrogen and oxygen atoms in total. The minimum Gasteiger partial charge on any atom is -0.370 e. The van der Waals surface area contributed by atoms with Gasteiger partial charge < -0.3 is 20.9 Å². The van der Waals surface area contributed by atoms with Crippen LogP contribution in [0.15, 0.2) is 29.4 Å². The SMILES string of the molecule is CC(C)CNC(=O)c1ccccc1NC(=O)CSc1nnc(CCC(N)=O)n1C. The van der Waals surface area contributed by atoms with Crippen LogP contribution in [0.5, 0.6) is 0 Å². The summed E-state index contributed by atoms with van der Waals surface area (Å²) in [4.78, 5) is 35.7. The van der Waals surface area contributed by atoms with Gasteiger partial charge in [0.2, 0.25) is 11.8 Å². The number of nitrogens with zero attached hydrogens (tertiary/aromatic N) is 3. The van der Waals surface area contributed by atoms with Crippen LogP contribution in [0.25, 0.3) is 0 Å². The smallest absolute Gasteiger partial charge is 0.253 e. The molecule has 156 valence electrons. The molecule has 0 aliphatic carbocycles. The number of carbonyl (C=O) groups is 3. The summed E-state index contributed by atoms with van der Waals surface area (Å²) in [5.74, 6) is 0.160. The Morgan fingerprint density at radius 3 is 2.62 bits per heavy atom. The van der Waals surface area contributed by atoms with Gasteiger partial charge in [0, 0.05) is 26.4 Å². The lowest BCUT2D eigenvalue weighted by Gasteiger charge is -2.12. The first kappa shape index (κ1) is 22.4. The normalized spacial score (nSPS) is 10.8. The number of carbonyl (C=O) groups excluding carboxylic acids is 3. The average molecular weight is 419 g/mol. The number of hydrogen-bond acceptors (Lipinski definition) is 6. The molecule has 0 fully saturated rings. The number of para-hydroxylation sites is 1. The van der Waals surface area contributed by atoms with E-state index in [2.05, 4.69) is 20.8 Å². The Balaban J connectivity index is 1.95. The number of nitrogens with one attached hydrogen (secondary N) is 2. The second kappa shape index (κ2) is 10.6. The van der Waals surface area contributed by atoms with Crippen LogP contribution in [0.3, 0.4) is 0 Å². The maximum Gasteiger partial charge on any atom is 0.253 e. The van der Waals surface area contributed by atoms with E-state index in [1.54, 1.807) is 35.9 Å². The molecular formula is C19H26N6O3S. The van der Waals surface area contributed by atoms with Gasteiger partial charge in [-0.2, -0.15) is 0 Å². The van der Waals surface area contributed by atoms with Crippen molar-refractivity contribution in [2.75, 3.05) is 17.6 Å². The summed E-state index contributed by atoms with van der Waals surface area (Å²) in [7, 11) is 1.77.